The molecule has 3 heterocycles. The lowest BCUT2D eigenvalue weighted by molar-refractivity contribution is 0.192. The highest BCUT2D eigenvalue weighted by Crippen LogP contribution is 2.28. The van der Waals surface area contributed by atoms with Crippen LogP contribution in [-0.4, -0.2) is 37.5 Å². The molecule has 4 rings (SSSR count). The first-order chi connectivity index (χ1) is 13.2. The van der Waals surface area contributed by atoms with Crippen molar-refractivity contribution in [3.05, 3.63) is 65.6 Å². The van der Waals surface area contributed by atoms with E-state index >= 15 is 0 Å². The van der Waals surface area contributed by atoms with Gasteiger partial charge in [0, 0.05) is 48.2 Å². The van der Waals surface area contributed by atoms with Gasteiger partial charge in [-0.1, -0.05) is 23.7 Å². The molecule has 6 heteroatoms. The Morgan fingerprint density at radius 1 is 1.26 bits per heavy atom. The molecular weight excluding hydrogens is 358 g/mol. The molecule has 1 unspecified atom stereocenters. The standard InChI is InChI=1S/C21H24ClN5/c1-2-27-10-8-24-21(27)15-26-9-4-6-17(14-26)20-13-23-12-19(25-20)16-5-3-7-18(22)11-16/h3,5,7-8,10-13,17H,2,4,6,9,14-15H2,1H3. The van der Waals surface area contributed by atoms with Crippen molar-refractivity contribution in [3.63, 3.8) is 0 Å². The van der Waals surface area contributed by atoms with Crippen molar-refractivity contribution in [2.75, 3.05) is 13.1 Å². The van der Waals surface area contributed by atoms with Crippen LogP contribution in [0.2, 0.25) is 5.02 Å². The Labute approximate surface area is 165 Å². The van der Waals surface area contributed by atoms with Crippen LogP contribution in [0.4, 0.5) is 0 Å². The van der Waals surface area contributed by atoms with Gasteiger partial charge in [-0.2, -0.15) is 0 Å². The van der Waals surface area contributed by atoms with Gasteiger partial charge in [0.1, 0.15) is 5.82 Å². The summed E-state index contributed by atoms with van der Waals surface area (Å²) in [4.78, 5) is 16.4. The molecular formula is C21H24ClN5. The number of hydrogen-bond donors (Lipinski definition) is 0. The molecule has 0 bridgehead atoms. The number of benzene rings is 1. The zero-order valence-corrected chi connectivity index (χ0v) is 16.3. The molecule has 1 aromatic carbocycles. The Bertz CT molecular complexity index is 907. The fourth-order valence-electron chi connectivity index (χ4n) is 3.78. The lowest BCUT2D eigenvalue weighted by Crippen LogP contribution is -2.35. The van der Waals surface area contributed by atoms with Gasteiger partial charge in [0.2, 0.25) is 0 Å². The Morgan fingerprint density at radius 2 is 2.19 bits per heavy atom. The summed E-state index contributed by atoms with van der Waals surface area (Å²) >= 11 is 6.13. The highest BCUT2D eigenvalue weighted by atomic mass is 35.5. The number of nitrogens with zero attached hydrogens (tertiary/aromatic N) is 5. The SMILES string of the molecule is CCn1ccnc1CN1CCCC(c2cncc(-c3cccc(Cl)c3)n2)C1. The minimum absolute atomic E-state index is 0.399. The lowest BCUT2D eigenvalue weighted by atomic mass is 9.94. The molecule has 5 nitrogen and oxygen atoms in total. The minimum Gasteiger partial charge on any atom is -0.334 e. The largest absolute Gasteiger partial charge is 0.334 e. The van der Waals surface area contributed by atoms with E-state index in [4.69, 9.17) is 16.6 Å². The maximum atomic E-state index is 6.13. The van der Waals surface area contributed by atoms with E-state index in [1.165, 1.54) is 6.42 Å². The summed E-state index contributed by atoms with van der Waals surface area (Å²) in [6.45, 7) is 6.10. The lowest BCUT2D eigenvalue weighted by Gasteiger charge is -2.32. The molecule has 140 valence electrons. The second-order valence-electron chi connectivity index (χ2n) is 7.04. The van der Waals surface area contributed by atoms with Gasteiger partial charge in [-0.3, -0.25) is 9.88 Å². The number of aryl methyl sites for hydroxylation is 1. The third kappa shape index (κ3) is 4.20. The molecule has 0 aliphatic carbocycles. The van der Waals surface area contributed by atoms with E-state index in [1.54, 1.807) is 0 Å². The number of aromatic nitrogens is 4. The van der Waals surface area contributed by atoms with Crippen LogP contribution in [-0.2, 0) is 13.1 Å². The predicted molar refractivity (Wildman–Crippen MR) is 108 cm³/mol. The third-order valence-corrected chi connectivity index (χ3v) is 5.44. The van der Waals surface area contributed by atoms with Gasteiger partial charge in [-0.05, 0) is 38.4 Å². The second kappa shape index (κ2) is 8.19. The molecule has 1 aliphatic heterocycles. The Balaban J connectivity index is 1.50. The number of likely N-dealkylation sites (tertiary alicyclic amines) is 1. The zero-order valence-electron chi connectivity index (χ0n) is 15.6. The Hall–Kier alpha value is -2.24. The normalized spacial score (nSPS) is 17.9. The van der Waals surface area contributed by atoms with Crippen LogP contribution in [0.3, 0.4) is 0 Å². The molecule has 1 aliphatic rings. The summed E-state index contributed by atoms with van der Waals surface area (Å²) in [6.07, 6.45) is 9.98. The van der Waals surface area contributed by atoms with Crippen molar-refractivity contribution in [2.24, 2.45) is 0 Å². The number of rotatable bonds is 5. The van der Waals surface area contributed by atoms with Crippen LogP contribution in [0, 0.1) is 0 Å². The van der Waals surface area contributed by atoms with Gasteiger partial charge in [-0.25, -0.2) is 9.97 Å². The fraction of sp³-hybridized carbons (Fsp3) is 0.381. The molecule has 0 amide bonds. The van der Waals surface area contributed by atoms with E-state index in [-0.39, 0.29) is 0 Å². The van der Waals surface area contributed by atoms with Crippen LogP contribution in [0.5, 0.6) is 0 Å². The molecule has 1 fully saturated rings. The van der Waals surface area contributed by atoms with Crippen LogP contribution in [0.15, 0.2) is 49.1 Å². The monoisotopic (exact) mass is 381 g/mol. The second-order valence-corrected chi connectivity index (χ2v) is 7.48. The summed E-state index contributed by atoms with van der Waals surface area (Å²) < 4.78 is 2.21. The first-order valence-corrected chi connectivity index (χ1v) is 9.91. The molecule has 27 heavy (non-hydrogen) atoms. The molecule has 1 atom stereocenters. The topological polar surface area (TPSA) is 46.8 Å². The molecule has 3 aromatic rings. The van der Waals surface area contributed by atoms with E-state index in [0.29, 0.717) is 5.92 Å². The van der Waals surface area contributed by atoms with Crippen molar-refractivity contribution >= 4 is 11.6 Å². The average Bonchev–Trinajstić information content (AvgIpc) is 3.15. The zero-order chi connectivity index (χ0) is 18.6. The third-order valence-electron chi connectivity index (χ3n) is 5.20. The van der Waals surface area contributed by atoms with Gasteiger partial charge < -0.3 is 4.57 Å². The van der Waals surface area contributed by atoms with E-state index in [9.17, 15) is 0 Å². The molecule has 0 radical (unpaired) electrons. The molecule has 1 saturated heterocycles. The Kier molecular flexibility index (Phi) is 5.50. The highest BCUT2D eigenvalue weighted by molar-refractivity contribution is 6.30. The summed E-state index contributed by atoms with van der Waals surface area (Å²) in [7, 11) is 0. The van der Waals surface area contributed by atoms with Crippen LogP contribution in [0.1, 0.15) is 37.2 Å². The van der Waals surface area contributed by atoms with Gasteiger partial charge in [0.25, 0.3) is 0 Å². The van der Waals surface area contributed by atoms with Gasteiger partial charge in [0.15, 0.2) is 0 Å². The number of halogens is 1. The summed E-state index contributed by atoms with van der Waals surface area (Å²) in [5.74, 6) is 1.53. The molecule has 2 aromatic heterocycles. The quantitative estimate of drug-likeness (QED) is 0.657. The summed E-state index contributed by atoms with van der Waals surface area (Å²) in [6, 6.07) is 7.79. The molecule has 0 N–H and O–H groups in total. The van der Waals surface area contributed by atoms with Crippen LogP contribution >= 0.6 is 11.6 Å². The summed E-state index contributed by atoms with van der Waals surface area (Å²) in [5, 5.41) is 0.718. The van der Waals surface area contributed by atoms with E-state index in [1.807, 2.05) is 42.9 Å². The van der Waals surface area contributed by atoms with Crippen molar-refractivity contribution in [1.29, 1.82) is 0 Å². The predicted octanol–water partition coefficient (Wildman–Crippen LogP) is 4.39. The van der Waals surface area contributed by atoms with E-state index < -0.39 is 0 Å². The maximum absolute atomic E-state index is 6.13. The first kappa shape index (κ1) is 18.1. The average molecular weight is 382 g/mol. The van der Waals surface area contributed by atoms with Crippen LogP contribution < -0.4 is 0 Å². The number of imidazole rings is 1. The number of piperidine rings is 1. The van der Waals surface area contributed by atoms with Crippen molar-refractivity contribution in [1.82, 2.24) is 24.4 Å². The highest BCUT2D eigenvalue weighted by Gasteiger charge is 2.24. The number of hydrogen-bond acceptors (Lipinski definition) is 4. The fourth-order valence-corrected chi connectivity index (χ4v) is 3.98. The van der Waals surface area contributed by atoms with Crippen molar-refractivity contribution in [2.45, 2.75) is 38.8 Å². The molecule has 0 saturated carbocycles. The minimum atomic E-state index is 0.399. The van der Waals surface area contributed by atoms with Gasteiger partial charge in [0.05, 0.1) is 24.1 Å². The molecule has 0 spiro atoms. The van der Waals surface area contributed by atoms with Crippen molar-refractivity contribution < 1.29 is 0 Å². The van der Waals surface area contributed by atoms with Gasteiger partial charge >= 0.3 is 0 Å². The van der Waals surface area contributed by atoms with Crippen LogP contribution in [0.25, 0.3) is 11.3 Å². The van der Waals surface area contributed by atoms with Crippen molar-refractivity contribution in [3.8, 4) is 11.3 Å². The van der Waals surface area contributed by atoms with E-state index in [0.717, 1.165) is 60.4 Å². The summed E-state index contributed by atoms with van der Waals surface area (Å²) in [5.41, 5.74) is 2.96. The smallest absolute Gasteiger partial charge is 0.122 e. The van der Waals surface area contributed by atoms with E-state index in [2.05, 4.69) is 32.6 Å². The Morgan fingerprint density at radius 3 is 3.04 bits per heavy atom. The maximum Gasteiger partial charge on any atom is 0.122 e. The first-order valence-electron chi connectivity index (χ1n) is 9.53. The van der Waals surface area contributed by atoms with Gasteiger partial charge in [-0.15, -0.1) is 0 Å².